The molecular weight excluding hydrogens is 505 g/mol. The lowest BCUT2D eigenvalue weighted by molar-refractivity contribution is 0.211. The van der Waals surface area contributed by atoms with Gasteiger partial charge in [-0.15, -0.1) is 5.10 Å². The van der Waals surface area contributed by atoms with Crippen molar-refractivity contribution in [2.45, 2.75) is 6.04 Å². The highest BCUT2D eigenvalue weighted by Gasteiger charge is 2.33. The van der Waals surface area contributed by atoms with E-state index in [9.17, 15) is 5.11 Å². The fourth-order valence-electron chi connectivity index (χ4n) is 4.55. The Balaban J connectivity index is 1.35. The molecular formula is C25H21Cl2N5O2S. The van der Waals surface area contributed by atoms with Crippen LogP contribution in [0.25, 0.3) is 16.5 Å². The van der Waals surface area contributed by atoms with Gasteiger partial charge in [-0.3, -0.25) is 4.90 Å². The van der Waals surface area contributed by atoms with Gasteiger partial charge in [0.05, 0.1) is 17.2 Å². The van der Waals surface area contributed by atoms with Crippen molar-refractivity contribution in [3.8, 4) is 17.5 Å². The van der Waals surface area contributed by atoms with Crippen LogP contribution in [0, 0.1) is 0 Å². The number of aromatic nitrogens is 3. The number of thiazole rings is 1. The van der Waals surface area contributed by atoms with Gasteiger partial charge in [-0.05, 0) is 42.0 Å². The van der Waals surface area contributed by atoms with E-state index >= 15 is 0 Å². The molecule has 5 aromatic rings. The lowest BCUT2D eigenvalue weighted by Gasteiger charge is -2.40. The molecule has 2 aromatic carbocycles. The summed E-state index contributed by atoms with van der Waals surface area (Å²) >= 11 is 14.3. The Morgan fingerprint density at radius 1 is 0.971 bits per heavy atom. The summed E-state index contributed by atoms with van der Waals surface area (Å²) in [4.78, 5) is 10.6. The highest BCUT2D eigenvalue weighted by molar-refractivity contribution is 7.17. The smallest absolute Gasteiger partial charge is 0.230 e. The summed E-state index contributed by atoms with van der Waals surface area (Å²) in [6, 6.07) is 19.1. The minimum absolute atomic E-state index is 0.0671. The summed E-state index contributed by atoms with van der Waals surface area (Å²) in [5.74, 6) is 1.06. The average Bonchev–Trinajstić information content (AvgIpc) is 3.60. The summed E-state index contributed by atoms with van der Waals surface area (Å²) in [7, 11) is 0. The van der Waals surface area contributed by atoms with Gasteiger partial charge in [0, 0.05) is 41.9 Å². The van der Waals surface area contributed by atoms with E-state index in [4.69, 9.17) is 27.6 Å². The molecule has 0 aliphatic carbocycles. The Hall–Kier alpha value is -3.04. The van der Waals surface area contributed by atoms with Gasteiger partial charge >= 0.3 is 0 Å². The second-order valence-corrected chi connectivity index (χ2v) is 10.2. The zero-order valence-electron chi connectivity index (χ0n) is 18.5. The molecule has 0 spiro atoms. The van der Waals surface area contributed by atoms with E-state index in [1.54, 1.807) is 18.4 Å². The highest BCUT2D eigenvalue weighted by Crippen LogP contribution is 2.42. The SMILES string of the molecule is Oc1c(C(c2ccccc2Cl)N2CCN(c3cccc(Cl)c3)CC2)sc2nc(-c3ccco3)nn12. The zero-order valence-corrected chi connectivity index (χ0v) is 20.8. The number of aromatic hydroxyl groups is 1. The number of piperazine rings is 1. The van der Waals surface area contributed by atoms with E-state index < -0.39 is 0 Å². The topological polar surface area (TPSA) is 70.0 Å². The predicted octanol–water partition coefficient (Wildman–Crippen LogP) is 5.97. The van der Waals surface area contributed by atoms with E-state index in [1.807, 2.05) is 42.5 Å². The third kappa shape index (κ3) is 4.16. The number of hydrogen-bond donors (Lipinski definition) is 1. The molecule has 6 rings (SSSR count). The van der Waals surface area contributed by atoms with Crippen molar-refractivity contribution in [1.82, 2.24) is 19.5 Å². The molecule has 0 amide bonds. The first kappa shape index (κ1) is 22.4. The zero-order chi connectivity index (χ0) is 23.9. The molecule has 1 aliphatic heterocycles. The molecule has 10 heteroatoms. The third-order valence-electron chi connectivity index (χ3n) is 6.24. The molecule has 1 unspecified atom stereocenters. The van der Waals surface area contributed by atoms with E-state index in [0.29, 0.717) is 21.6 Å². The molecule has 7 nitrogen and oxygen atoms in total. The monoisotopic (exact) mass is 525 g/mol. The predicted molar refractivity (Wildman–Crippen MR) is 139 cm³/mol. The van der Waals surface area contributed by atoms with Crippen LogP contribution in [0.3, 0.4) is 0 Å². The lowest BCUT2D eigenvalue weighted by Crippen LogP contribution is -2.47. The number of benzene rings is 2. The molecule has 4 heterocycles. The summed E-state index contributed by atoms with van der Waals surface area (Å²) in [6.45, 7) is 3.22. The van der Waals surface area contributed by atoms with Crippen LogP contribution in [0.2, 0.25) is 10.0 Å². The van der Waals surface area contributed by atoms with Crippen LogP contribution in [0.15, 0.2) is 71.3 Å². The minimum Gasteiger partial charge on any atom is -0.492 e. The molecule has 0 saturated carbocycles. The second-order valence-electron chi connectivity index (χ2n) is 8.32. The van der Waals surface area contributed by atoms with Crippen LogP contribution >= 0.6 is 34.5 Å². The van der Waals surface area contributed by atoms with Crippen molar-refractivity contribution in [3.63, 3.8) is 0 Å². The Labute approximate surface area is 215 Å². The van der Waals surface area contributed by atoms with Crippen molar-refractivity contribution >= 4 is 45.2 Å². The Kier molecular flexibility index (Phi) is 5.89. The molecule has 35 heavy (non-hydrogen) atoms. The van der Waals surface area contributed by atoms with Gasteiger partial charge in [-0.1, -0.05) is 58.8 Å². The molecule has 1 atom stereocenters. The summed E-state index contributed by atoms with van der Waals surface area (Å²) < 4.78 is 6.89. The quantitative estimate of drug-likeness (QED) is 0.304. The largest absolute Gasteiger partial charge is 0.492 e. The summed E-state index contributed by atoms with van der Waals surface area (Å²) in [5.41, 5.74) is 2.05. The molecule has 0 bridgehead atoms. The van der Waals surface area contributed by atoms with Crippen molar-refractivity contribution in [2.75, 3.05) is 31.1 Å². The normalized spacial score (nSPS) is 15.7. The molecule has 178 valence electrons. The fraction of sp³-hybridized carbons (Fsp3) is 0.200. The van der Waals surface area contributed by atoms with Gasteiger partial charge in [0.2, 0.25) is 16.7 Å². The van der Waals surface area contributed by atoms with Crippen LogP contribution in [-0.4, -0.2) is 50.8 Å². The lowest BCUT2D eigenvalue weighted by atomic mass is 10.0. The molecule has 1 N–H and O–H groups in total. The first-order valence-electron chi connectivity index (χ1n) is 11.2. The number of anilines is 1. The van der Waals surface area contributed by atoms with E-state index in [1.165, 1.54) is 15.9 Å². The minimum atomic E-state index is -0.231. The van der Waals surface area contributed by atoms with Gasteiger partial charge in [-0.25, -0.2) is 0 Å². The molecule has 1 saturated heterocycles. The highest BCUT2D eigenvalue weighted by atomic mass is 35.5. The molecule has 0 radical (unpaired) electrons. The van der Waals surface area contributed by atoms with Crippen molar-refractivity contribution in [3.05, 3.63) is 87.4 Å². The number of halogens is 2. The summed E-state index contributed by atoms with van der Waals surface area (Å²) in [6.07, 6.45) is 1.58. The van der Waals surface area contributed by atoms with Crippen molar-refractivity contribution in [1.29, 1.82) is 0 Å². The molecule has 1 aliphatic rings. The van der Waals surface area contributed by atoms with Gasteiger partial charge < -0.3 is 14.4 Å². The first-order chi connectivity index (χ1) is 17.1. The van der Waals surface area contributed by atoms with E-state index in [2.05, 4.69) is 25.9 Å². The van der Waals surface area contributed by atoms with Crippen LogP contribution in [0.5, 0.6) is 5.88 Å². The Morgan fingerprint density at radius 2 is 1.80 bits per heavy atom. The summed E-state index contributed by atoms with van der Waals surface area (Å²) in [5, 5.41) is 17.1. The van der Waals surface area contributed by atoms with Crippen LogP contribution in [0.1, 0.15) is 16.5 Å². The number of nitrogens with zero attached hydrogens (tertiary/aromatic N) is 5. The number of rotatable bonds is 5. The third-order valence-corrected chi connectivity index (χ3v) is 7.89. The van der Waals surface area contributed by atoms with Gasteiger partial charge in [-0.2, -0.15) is 9.50 Å². The standard InChI is InChI=1S/C25H21Cl2N5O2S/c26-16-5-3-6-17(15-16)30-10-12-31(13-11-30)21(18-7-1-2-8-19(18)27)22-24(33)32-25(35-22)28-23(29-32)20-9-4-14-34-20/h1-9,14-15,21,33H,10-13H2. The van der Waals surface area contributed by atoms with Crippen LogP contribution in [-0.2, 0) is 0 Å². The Bertz CT molecular complexity index is 1470. The van der Waals surface area contributed by atoms with Gasteiger partial charge in [0.25, 0.3) is 0 Å². The Morgan fingerprint density at radius 3 is 2.51 bits per heavy atom. The fourth-order valence-corrected chi connectivity index (χ4v) is 6.08. The van der Waals surface area contributed by atoms with Crippen LogP contribution < -0.4 is 4.90 Å². The van der Waals surface area contributed by atoms with Gasteiger partial charge in [0.1, 0.15) is 0 Å². The van der Waals surface area contributed by atoms with E-state index in [-0.39, 0.29) is 11.9 Å². The number of fused-ring (bicyclic) bond motifs is 1. The maximum atomic E-state index is 11.3. The van der Waals surface area contributed by atoms with Crippen molar-refractivity contribution < 1.29 is 9.52 Å². The van der Waals surface area contributed by atoms with E-state index in [0.717, 1.165) is 47.3 Å². The second kappa shape index (κ2) is 9.20. The van der Waals surface area contributed by atoms with Crippen molar-refractivity contribution in [2.24, 2.45) is 0 Å². The molecule has 1 fully saturated rings. The maximum Gasteiger partial charge on any atom is 0.230 e. The van der Waals surface area contributed by atoms with Gasteiger partial charge in [0.15, 0.2) is 5.76 Å². The number of hydrogen-bond acceptors (Lipinski definition) is 7. The number of furan rings is 1. The van der Waals surface area contributed by atoms with Crippen LogP contribution in [0.4, 0.5) is 5.69 Å². The first-order valence-corrected chi connectivity index (χ1v) is 12.8. The maximum absolute atomic E-state index is 11.3. The average molecular weight is 526 g/mol. The molecule has 3 aromatic heterocycles.